The zero-order chi connectivity index (χ0) is 18.7. The molecular weight excluding hydrogens is 344 g/mol. The van der Waals surface area contributed by atoms with Crippen LogP contribution in [-0.2, 0) is 6.54 Å². The van der Waals surface area contributed by atoms with E-state index in [9.17, 15) is 10.1 Å². The Bertz CT molecular complexity index is 755. The van der Waals surface area contributed by atoms with Gasteiger partial charge in [-0.15, -0.1) is 0 Å². The van der Waals surface area contributed by atoms with Gasteiger partial charge in [0.05, 0.1) is 4.92 Å². The third-order valence-corrected chi connectivity index (χ3v) is 3.90. The molecule has 9 heteroatoms. The number of aromatic nitrogens is 3. The van der Waals surface area contributed by atoms with Crippen LogP contribution in [0.1, 0.15) is 31.2 Å². The molecule has 1 heterocycles. The van der Waals surface area contributed by atoms with Crippen molar-refractivity contribution in [2.24, 2.45) is 0 Å². The number of nitro benzene ring substituents is 1. The van der Waals surface area contributed by atoms with Crippen molar-refractivity contribution in [1.82, 2.24) is 15.0 Å². The van der Waals surface area contributed by atoms with E-state index in [4.69, 9.17) is 11.6 Å². The maximum absolute atomic E-state index is 11.0. The molecule has 134 valence electrons. The quantitative estimate of drug-likeness (QED) is 0.574. The van der Waals surface area contributed by atoms with Gasteiger partial charge in [-0.1, -0.05) is 25.4 Å². The Morgan fingerprint density at radius 3 is 2.36 bits per heavy atom. The molecule has 0 unspecified atom stereocenters. The fourth-order valence-corrected chi connectivity index (χ4v) is 2.30. The summed E-state index contributed by atoms with van der Waals surface area (Å²) < 4.78 is 0. The molecule has 0 saturated heterocycles. The number of nitro groups is 1. The van der Waals surface area contributed by atoms with E-state index in [2.05, 4.69) is 15.0 Å². The van der Waals surface area contributed by atoms with Gasteiger partial charge in [-0.25, -0.2) is 0 Å². The molecule has 0 radical (unpaired) electrons. The monoisotopic (exact) mass is 364 g/mol. The van der Waals surface area contributed by atoms with Crippen LogP contribution in [0.2, 0.25) is 5.02 Å². The number of nitrogens with zero attached hydrogens (tertiary/aromatic N) is 6. The summed E-state index contributed by atoms with van der Waals surface area (Å²) in [5.41, 5.74) is 0.636. The Morgan fingerprint density at radius 1 is 1.16 bits per heavy atom. The molecule has 0 aliphatic heterocycles. The van der Waals surface area contributed by atoms with Crippen molar-refractivity contribution in [1.29, 1.82) is 0 Å². The highest BCUT2D eigenvalue weighted by Gasteiger charge is 2.16. The third-order valence-electron chi connectivity index (χ3n) is 3.53. The van der Waals surface area contributed by atoms with E-state index in [-0.39, 0.29) is 11.6 Å². The zero-order valence-electron chi connectivity index (χ0n) is 14.9. The lowest BCUT2D eigenvalue weighted by atomic mass is 10.2. The van der Waals surface area contributed by atoms with Crippen molar-refractivity contribution in [3.05, 3.63) is 44.7 Å². The lowest BCUT2D eigenvalue weighted by Crippen LogP contribution is -2.23. The second-order valence-electron chi connectivity index (χ2n) is 6.23. The first kappa shape index (κ1) is 18.9. The number of halogens is 1. The molecule has 2 aromatic rings. The number of non-ortho nitro benzene ring substituents is 1. The fraction of sp³-hybridized carbons (Fsp3) is 0.438. The Labute approximate surface area is 151 Å². The van der Waals surface area contributed by atoms with Crippen LogP contribution in [0.15, 0.2) is 18.2 Å². The largest absolute Gasteiger partial charge is 0.347 e. The van der Waals surface area contributed by atoms with Crippen LogP contribution in [0.5, 0.6) is 0 Å². The summed E-state index contributed by atoms with van der Waals surface area (Å²) in [4.78, 5) is 27.5. The van der Waals surface area contributed by atoms with Crippen LogP contribution in [0, 0.1) is 10.1 Å². The summed E-state index contributed by atoms with van der Waals surface area (Å²) in [6, 6.07) is 4.38. The van der Waals surface area contributed by atoms with Crippen LogP contribution in [-0.4, -0.2) is 41.0 Å². The van der Waals surface area contributed by atoms with Crippen LogP contribution in [0.25, 0.3) is 0 Å². The van der Waals surface area contributed by atoms with Crippen molar-refractivity contribution >= 4 is 29.2 Å². The highest BCUT2D eigenvalue weighted by molar-refractivity contribution is 6.31. The second kappa shape index (κ2) is 7.60. The molecule has 0 spiro atoms. The first-order chi connectivity index (χ1) is 11.7. The predicted octanol–water partition coefficient (Wildman–Crippen LogP) is 3.26. The van der Waals surface area contributed by atoms with E-state index in [1.807, 2.05) is 39.9 Å². The van der Waals surface area contributed by atoms with E-state index in [0.717, 1.165) is 0 Å². The minimum absolute atomic E-state index is 0.000275. The maximum Gasteiger partial charge on any atom is 0.269 e. The molecule has 8 nitrogen and oxygen atoms in total. The molecule has 1 aromatic carbocycles. The Kier molecular flexibility index (Phi) is 5.73. The summed E-state index contributed by atoms with van der Waals surface area (Å²) in [6.07, 6.45) is 0. The first-order valence-corrected chi connectivity index (χ1v) is 8.14. The van der Waals surface area contributed by atoms with E-state index in [1.165, 1.54) is 18.2 Å². The average molecular weight is 365 g/mol. The van der Waals surface area contributed by atoms with Crippen molar-refractivity contribution in [3.8, 4) is 0 Å². The molecule has 0 aliphatic rings. The van der Waals surface area contributed by atoms with Gasteiger partial charge >= 0.3 is 0 Å². The average Bonchev–Trinajstić information content (AvgIpc) is 2.55. The van der Waals surface area contributed by atoms with Gasteiger partial charge < -0.3 is 9.80 Å². The van der Waals surface area contributed by atoms with E-state index < -0.39 is 4.92 Å². The SMILES string of the molecule is CC(C)c1nc(N(C)C)nc(N(C)Cc2cc([N+](=O)[O-])ccc2Cl)n1. The first-order valence-electron chi connectivity index (χ1n) is 7.76. The number of anilines is 2. The third kappa shape index (κ3) is 4.54. The van der Waals surface area contributed by atoms with Crippen molar-refractivity contribution in [3.63, 3.8) is 0 Å². The summed E-state index contributed by atoms with van der Waals surface area (Å²) in [5, 5.41) is 11.4. The highest BCUT2D eigenvalue weighted by atomic mass is 35.5. The zero-order valence-corrected chi connectivity index (χ0v) is 15.7. The van der Waals surface area contributed by atoms with Crippen molar-refractivity contribution in [2.75, 3.05) is 30.9 Å². The molecule has 25 heavy (non-hydrogen) atoms. The van der Waals surface area contributed by atoms with Crippen LogP contribution >= 0.6 is 11.6 Å². The van der Waals surface area contributed by atoms with Crippen molar-refractivity contribution in [2.45, 2.75) is 26.3 Å². The van der Waals surface area contributed by atoms with E-state index in [0.29, 0.717) is 34.9 Å². The summed E-state index contributed by atoms with van der Waals surface area (Å²) in [6.45, 7) is 4.36. The summed E-state index contributed by atoms with van der Waals surface area (Å²) in [5.74, 6) is 1.89. The molecule has 2 rings (SSSR count). The van der Waals surface area contributed by atoms with E-state index in [1.54, 1.807) is 4.90 Å². The van der Waals surface area contributed by atoms with Gasteiger partial charge in [0.15, 0.2) is 0 Å². The molecule has 0 fully saturated rings. The molecule has 0 bridgehead atoms. The minimum atomic E-state index is -0.441. The second-order valence-corrected chi connectivity index (χ2v) is 6.64. The Morgan fingerprint density at radius 2 is 1.80 bits per heavy atom. The molecule has 0 aliphatic carbocycles. The van der Waals surface area contributed by atoms with Crippen LogP contribution < -0.4 is 9.80 Å². The smallest absolute Gasteiger partial charge is 0.269 e. The van der Waals surface area contributed by atoms with Gasteiger partial charge in [0, 0.05) is 50.8 Å². The van der Waals surface area contributed by atoms with Gasteiger partial charge in [0.25, 0.3) is 5.69 Å². The number of hydrogen-bond donors (Lipinski definition) is 0. The Hall–Kier alpha value is -2.48. The van der Waals surface area contributed by atoms with Gasteiger partial charge in [-0.3, -0.25) is 10.1 Å². The molecule has 0 amide bonds. The summed E-state index contributed by atoms with van der Waals surface area (Å²) >= 11 is 6.19. The van der Waals surface area contributed by atoms with Crippen LogP contribution in [0.3, 0.4) is 0 Å². The van der Waals surface area contributed by atoms with Crippen LogP contribution in [0.4, 0.5) is 17.6 Å². The van der Waals surface area contributed by atoms with Gasteiger partial charge in [-0.2, -0.15) is 15.0 Å². The number of hydrogen-bond acceptors (Lipinski definition) is 7. The maximum atomic E-state index is 11.0. The summed E-state index contributed by atoms with van der Waals surface area (Å²) in [7, 11) is 5.54. The number of benzene rings is 1. The predicted molar refractivity (Wildman–Crippen MR) is 98.5 cm³/mol. The molecular formula is C16H21ClN6O2. The lowest BCUT2D eigenvalue weighted by molar-refractivity contribution is -0.384. The van der Waals surface area contributed by atoms with Gasteiger partial charge in [-0.05, 0) is 11.6 Å². The fourth-order valence-electron chi connectivity index (χ4n) is 2.12. The highest BCUT2D eigenvalue weighted by Crippen LogP contribution is 2.25. The van der Waals surface area contributed by atoms with Gasteiger partial charge in [0.2, 0.25) is 11.9 Å². The lowest BCUT2D eigenvalue weighted by Gasteiger charge is -2.21. The number of rotatable bonds is 6. The molecule has 0 saturated carbocycles. The van der Waals surface area contributed by atoms with E-state index >= 15 is 0 Å². The molecule has 1 aromatic heterocycles. The molecule has 0 atom stereocenters. The van der Waals surface area contributed by atoms with Gasteiger partial charge in [0.1, 0.15) is 5.82 Å². The normalized spacial score (nSPS) is 10.8. The Balaban J connectivity index is 2.36. The topological polar surface area (TPSA) is 88.3 Å². The minimum Gasteiger partial charge on any atom is -0.347 e. The van der Waals surface area contributed by atoms with Crippen molar-refractivity contribution < 1.29 is 4.92 Å². The standard InChI is InChI=1S/C16H21ClN6O2/c1-10(2)14-18-15(21(3)4)20-16(19-14)22(5)9-11-8-12(23(24)25)6-7-13(11)17/h6-8,10H,9H2,1-5H3. The molecule has 0 N–H and O–H groups in total.